The molecule has 0 spiro atoms. The molecule has 0 unspecified atom stereocenters. The molecule has 1 aromatic carbocycles. The normalized spacial score (nSPS) is 10.8. The Hall–Kier alpha value is -1.61. The zero-order valence-corrected chi connectivity index (χ0v) is 11.2. The molecule has 0 aliphatic carbocycles. The van der Waals surface area contributed by atoms with E-state index in [0.717, 1.165) is 26.1 Å². The van der Waals surface area contributed by atoms with E-state index in [0.29, 0.717) is 0 Å². The van der Waals surface area contributed by atoms with E-state index in [1.54, 1.807) is 0 Å². The van der Waals surface area contributed by atoms with Gasteiger partial charge in [0, 0.05) is 24.3 Å². The Kier molecular flexibility index (Phi) is 4.53. The van der Waals surface area contributed by atoms with E-state index in [1.165, 1.54) is 16.8 Å². The lowest BCUT2D eigenvalue weighted by molar-refractivity contribution is 0.633. The minimum atomic E-state index is 0.901. The van der Waals surface area contributed by atoms with Crippen LogP contribution in [-0.4, -0.2) is 16.3 Å². The second-order valence-corrected chi connectivity index (χ2v) is 4.48. The van der Waals surface area contributed by atoms with Gasteiger partial charge in [-0.15, -0.1) is 0 Å². The molecule has 0 saturated heterocycles. The molecule has 18 heavy (non-hydrogen) atoms. The van der Waals surface area contributed by atoms with Gasteiger partial charge in [-0.25, -0.2) is 0 Å². The Balaban J connectivity index is 1.77. The summed E-state index contributed by atoms with van der Waals surface area (Å²) < 4.78 is 2.04. The predicted molar refractivity (Wildman–Crippen MR) is 74.5 cm³/mol. The summed E-state index contributed by atoms with van der Waals surface area (Å²) in [6.45, 7) is 7.09. The van der Waals surface area contributed by atoms with E-state index in [2.05, 4.69) is 54.6 Å². The fraction of sp³-hybridized carbons (Fsp3) is 0.400. The molecule has 3 heteroatoms. The Morgan fingerprint density at radius 2 is 2.00 bits per heavy atom. The molecule has 0 aliphatic rings. The van der Waals surface area contributed by atoms with Gasteiger partial charge in [-0.2, -0.15) is 5.10 Å². The smallest absolute Gasteiger partial charge is 0.0537 e. The van der Waals surface area contributed by atoms with Crippen molar-refractivity contribution in [2.45, 2.75) is 33.4 Å². The fourth-order valence-electron chi connectivity index (χ4n) is 2.08. The number of nitrogens with one attached hydrogen (secondary N) is 1. The van der Waals surface area contributed by atoms with Crippen LogP contribution in [0.5, 0.6) is 0 Å². The molecule has 0 amide bonds. The van der Waals surface area contributed by atoms with Crippen molar-refractivity contribution in [3.63, 3.8) is 0 Å². The second kappa shape index (κ2) is 6.36. The number of rotatable bonds is 6. The van der Waals surface area contributed by atoms with Gasteiger partial charge in [-0.05, 0) is 32.4 Å². The summed E-state index contributed by atoms with van der Waals surface area (Å²) in [5.41, 5.74) is 3.94. The van der Waals surface area contributed by atoms with Crippen molar-refractivity contribution in [2.75, 3.05) is 6.54 Å². The predicted octanol–water partition coefficient (Wildman–Crippen LogP) is 2.54. The van der Waals surface area contributed by atoms with Crippen molar-refractivity contribution in [1.29, 1.82) is 0 Å². The number of hydrogen-bond donors (Lipinski definition) is 1. The van der Waals surface area contributed by atoms with E-state index in [1.807, 2.05) is 10.9 Å². The van der Waals surface area contributed by atoms with Crippen molar-refractivity contribution >= 4 is 0 Å². The topological polar surface area (TPSA) is 29.9 Å². The SMILES string of the molecule is CCn1ncc(CNCCc2ccccc2)c1C. The summed E-state index contributed by atoms with van der Waals surface area (Å²) in [4.78, 5) is 0. The maximum atomic E-state index is 4.35. The average molecular weight is 243 g/mol. The number of aryl methyl sites for hydroxylation is 1. The summed E-state index contributed by atoms with van der Waals surface area (Å²) in [6.07, 6.45) is 3.04. The Morgan fingerprint density at radius 1 is 1.22 bits per heavy atom. The van der Waals surface area contributed by atoms with Crippen LogP contribution in [0.4, 0.5) is 0 Å². The van der Waals surface area contributed by atoms with Crippen LogP contribution in [-0.2, 0) is 19.5 Å². The minimum Gasteiger partial charge on any atom is -0.312 e. The summed E-state index contributed by atoms with van der Waals surface area (Å²) in [7, 11) is 0. The third kappa shape index (κ3) is 3.20. The molecule has 3 nitrogen and oxygen atoms in total. The molecule has 0 radical (unpaired) electrons. The lowest BCUT2D eigenvalue weighted by Crippen LogP contribution is -2.17. The first kappa shape index (κ1) is 12.8. The molecule has 1 N–H and O–H groups in total. The van der Waals surface area contributed by atoms with Gasteiger partial charge in [-0.3, -0.25) is 4.68 Å². The fourth-order valence-corrected chi connectivity index (χ4v) is 2.08. The van der Waals surface area contributed by atoms with E-state index in [-0.39, 0.29) is 0 Å². The monoisotopic (exact) mass is 243 g/mol. The van der Waals surface area contributed by atoms with Gasteiger partial charge in [0.05, 0.1) is 6.20 Å². The molecule has 0 bridgehead atoms. The van der Waals surface area contributed by atoms with Gasteiger partial charge < -0.3 is 5.32 Å². The first-order valence-electron chi connectivity index (χ1n) is 6.57. The lowest BCUT2D eigenvalue weighted by atomic mass is 10.1. The van der Waals surface area contributed by atoms with Crippen molar-refractivity contribution in [3.8, 4) is 0 Å². The Bertz CT molecular complexity index is 474. The molecule has 0 saturated carbocycles. The molecule has 2 aromatic rings. The molecule has 0 aliphatic heterocycles. The minimum absolute atomic E-state index is 0.901. The van der Waals surface area contributed by atoms with Crippen molar-refractivity contribution in [3.05, 3.63) is 53.3 Å². The molecule has 0 fully saturated rings. The van der Waals surface area contributed by atoms with Gasteiger partial charge in [0.1, 0.15) is 0 Å². The highest BCUT2D eigenvalue weighted by molar-refractivity contribution is 5.16. The van der Waals surface area contributed by atoms with Gasteiger partial charge in [0.15, 0.2) is 0 Å². The van der Waals surface area contributed by atoms with Gasteiger partial charge in [-0.1, -0.05) is 30.3 Å². The van der Waals surface area contributed by atoms with Crippen molar-refractivity contribution in [2.24, 2.45) is 0 Å². The third-order valence-corrected chi connectivity index (χ3v) is 3.25. The summed E-state index contributed by atoms with van der Waals surface area (Å²) in [5, 5.41) is 7.82. The van der Waals surface area contributed by atoms with Crippen molar-refractivity contribution in [1.82, 2.24) is 15.1 Å². The largest absolute Gasteiger partial charge is 0.312 e. The Labute approximate surface area is 109 Å². The third-order valence-electron chi connectivity index (χ3n) is 3.25. The summed E-state index contributed by atoms with van der Waals surface area (Å²) in [5.74, 6) is 0. The Morgan fingerprint density at radius 3 is 2.67 bits per heavy atom. The number of nitrogens with zero attached hydrogens (tertiary/aromatic N) is 2. The molecule has 2 rings (SSSR count). The first-order valence-corrected chi connectivity index (χ1v) is 6.57. The van der Waals surface area contributed by atoms with Crippen LogP contribution >= 0.6 is 0 Å². The van der Waals surface area contributed by atoms with E-state index in [9.17, 15) is 0 Å². The van der Waals surface area contributed by atoms with Gasteiger partial charge in [0.2, 0.25) is 0 Å². The zero-order valence-electron chi connectivity index (χ0n) is 11.2. The van der Waals surface area contributed by atoms with E-state index < -0.39 is 0 Å². The van der Waals surface area contributed by atoms with E-state index in [4.69, 9.17) is 0 Å². The number of hydrogen-bond acceptors (Lipinski definition) is 2. The van der Waals surface area contributed by atoms with Crippen LogP contribution in [0.25, 0.3) is 0 Å². The van der Waals surface area contributed by atoms with Crippen molar-refractivity contribution < 1.29 is 0 Å². The number of benzene rings is 1. The second-order valence-electron chi connectivity index (χ2n) is 4.48. The molecule has 1 aromatic heterocycles. The van der Waals surface area contributed by atoms with Crippen LogP contribution in [0.1, 0.15) is 23.7 Å². The van der Waals surface area contributed by atoms with Gasteiger partial charge in [0.25, 0.3) is 0 Å². The highest BCUT2D eigenvalue weighted by Crippen LogP contribution is 2.06. The van der Waals surface area contributed by atoms with Crippen LogP contribution < -0.4 is 5.32 Å². The molecule has 1 heterocycles. The van der Waals surface area contributed by atoms with Crippen LogP contribution in [0.3, 0.4) is 0 Å². The maximum absolute atomic E-state index is 4.35. The molecular formula is C15H21N3. The first-order chi connectivity index (χ1) is 8.81. The molecular weight excluding hydrogens is 222 g/mol. The van der Waals surface area contributed by atoms with Crippen LogP contribution in [0, 0.1) is 6.92 Å². The molecule has 96 valence electrons. The highest BCUT2D eigenvalue weighted by atomic mass is 15.3. The molecule has 0 atom stereocenters. The average Bonchev–Trinajstić information content (AvgIpc) is 2.77. The zero-order chi connectivity index (χ0) is 12.8. The number of aromatic nitrogens is 2. The summed E-state index contributed by atoms with van der Waals surface area (Å²) in [6, 6.07) is 10.6. The standard InChI is InChI=1S/C15H21N3/c1-3-18-13(2)15(12-17-18)11-16-10-9-14-7-5-4-6-8-14/h4-8,12,16H,3,9-11H2,1-2H3. The lowest BCUT2D eigenvalue weighted by Gasteiger charge is -2.05. The maximum Gasteiger partial charge on any atom is 0.0537 e. The highest BCUT2D eigenvalue weighted by Gasteiger charge is 2.03. The quantitative estimate of drug-likeness (QED) is 0.790. The summed E-state index contributed by atoms with van der Waals surface area (Å²) >= 11 is 0. The van der Waals surface area contributed by atoms with Gasteiger partial charge >= 0.3 is 0 Å². The van der Waals surface area contributed by atoms with E-state index >= 15 is 0 Å². The van der Waals surface area contributed by atoms with Crippen LogP contribution in [0.2, 0.25) is 0 Å². The van der Waals surface area contributed by atoms with Crippen LogP contribution in [0.15, 0.2) is 36.5 Å².